The molecule has 0 bridgehead atoms. The van der Waals surface area contributed by atoms with Crippen molar-refractivity contribution in [3.63, 3.8) is 0 Å². The van der Waals surface area contributed by atoms with E-state index >= 15 is 0 Å². The van der Waals surface area contributed by atoms with Crippen molar-refractivity contribution in [2.24, 2.45) is 10.9 Å². The highest BCUT2D eigenvalue weighted by Crippen LogP contribution is 2.23. The molecule has 0 unspecified atom stereocenters. The number of thiazole rings is 1. The van der Waals surface area contributed by atoms with Crippen LogP contribution >= 0.6 is 11.3 Å². The third-order valence-corrected chi connectivity index (χ3v) is 3.14. The third-order valence-electron chi connectivity index (χ3n) is 2.24. The van der Waals surface area contributed by atoms with Gasteiger partial charge in [-0.15, -0.1) is 11.3 Å². The number of amidine groups is 1. The van der Waals surface area contributed by atoms with Crippen LogP contribution < -0.4 is 10.6 Å². The number of anilines is 1. The van der Waals surface area contributed by atoms with Gasteiger partial charge in [0.25, 0.3) is 0 Å². The summed E-state index contributed by atoms with van der Waals surface area (Å²) in [5, 5.41) is 14.2. The first-order valence-electron chi connectivity index (χ1n) is 4.49. The van der Waals surface area contributed by atoms with Crippen LogP contribution in [0.1, 0.15) is 18.5 Å². The molecule has 0 radical (unpaired) electrons. The number of nitrogens with two attached hydrogens (primary N) is 1. The second-order valence-electron chi connectivity index (χ2n) is 3.19. The van der Waals surface area contributed by atoms with E-state index in [0.717, 1.165) is 18.2 Å². The Kier molecular flexibility index (Phi) is 2.53. The van der Waals surface area contributed by atoms with Gasteiger partial charge in [-0.1, -0.05) is 5.16 Å². The highest BCUT2D eigenvalue weighted by molar-refractivity contribution is 7.13. The first-order valence-corrected chi connectivity index (χ1v) is 5.37. The van der Waals surface area contributed by atoms with Gasteiger partial charge in [-0.05, 0) is 12.8 Å². The molecular weight excluding hydrogens is 200 g/mol. The predicted octanol–water partition coefficient (Wildman–Crippen LogP) is 0.838. The molecule has 0 atom stereocenters. The maximum Gasteiger partial charge on any atom is 0.189 e. The summed E-state index contributed by atoms with van der Waals surface area (Å²) in [4.78, 5) is 6.51. The fraction of sp³-hybridized carbons (Fsp3) is 0.500. The van der Waals surface area contributed by atoms with Crippen LogP contribution in [0.15, 0.2) is 10.5 Å². The topological polar surface area (TPSA) is 74.7 Å². The highest BCUT2D eigenvalue weighted by Gasteiger charge is 2.16. The van der Waals surface area contributed by atoms with Gasteiger partial charge in [0.05, 0.1) is 0 Å². The van der Waals surface area contributed by atoms with E-state index in [1.54, 1.807) is 0 Å². The summed E-state index contributed by atoms with van der Waals surface area (Å²) in [6, 6.07) is 0. The molecule has 1 saturated heterocycles. The molecule has 5 nitrogen and oxygen atoms in total. The molecule has 2 rings (SSSR count). The van der Waals surface area contributed by atoms with E-state index in [1.165, 1.54) is 24.2 Å². The van der Waals surface area contributed by atoms with Crippen molar-refractivity contribution in [3.05, 3.63) is 11.1 Å². The summed E-state index contributed by atoms with van der Waals surface area (Å²) in [6.45, 7) is 2.12. The Hall–Kier alpha value is -1.30. The predicted molar refractivity (Wildman–Crippen MR) is 56.1 cm³/mol. The number of rotatable bonds is 2. The standard InChI is InChI=1S/C8H12N4OS/c9-7(11-13)6-5-14-8(10-6)12-3-1-2-4-12/h5,13H,1-4H2,(H2,9,11). The van der Waals surface area contributed by atoms with Crippen LogP contribution in [-0.2, 0) is 0 Å². The number of oxime groups is 1. The van der Waals surface area contributed by atoms with E-state index < -0.39 is 0 Å². The lowest BCUT2D eigenvalue weighted by molar-refractivity contribution is 0.318. The van der Waals surface area contributed by atoms with E-state index in [-0.39, 0.29) is 5.84 Å². The van der Waals surface area contributed by atoms with Crippen LogP contribution in [0.5, 0.6) is 0 Å². The second-order valence-corrected chi connectivity index (χ2v) is 4.03. The van der Waals surface area contributed by atoms with E-state index in [9.17, 15) is 0 Å². The van der Waals surface area contributed by atoms with Gasteiger partial charge < -0.3 is 15.8 Å². The average molecular weight is 212 g/mol. The van der Waals surface area contributed by atoms with Crippen LogP contribution in [0.3, 0.4) is 0 Å². The molecule has 6 heteroatoms. The average Bonchev–Trinajstić information content (AvgIpc) is 2.86. The maximum absolute atomic E-state index is 8.48. The minimum atomic E-state index is 0.0756. The normalized spacial score (nSPS) is 17.7. The van der Waals surface area contributed by atoms with Crippen molar-refractivity contribution >= 4 is 22.3 Å². The Labute approximate surface area is 85.9 Å². The minimum absolute atomic E-state index is 0.0756. The minimum Gasteiger partial charge on any atom is -0.409 e. The summed E-state index contributed by atoms with van der Waals surface area (Å²) < 4.78 is 0. The van der Waals surface area contributed by atoms with Gasteiger partial charge in [-0.3, -0.25) is 0 Å². The molecule has 0 saturated carbocycles. The third kappa shape index (κ3) is 1.65. The second kappa shape index (κ2) is 3.83. The highest BCUT2D eigenvalue weighted by atomic mass is 32.1. The molecule has 14 heavy (non-hydrogen) atoms. The van der Waals surface area contributed by atoms with Crippen LogP contribution in [0.4, 0.5) is 5.13 Å². The van der Waals surface area contributed by atoms with Crippen molar-refractivity contribution < 1.29 is 5.21 Å². The quantitative estimate of drug-likeness (QED) is 0.330. The van der Waals surface area contributed by atoms with Crippen molar-refractivity contribution in [1.82, 2.24) is 4.98 Å². The molecule has 0 amide bonds. The molecule has 1 fully saturated rings. The lowest BCUT2D eigenvalue weighted by Gasteiger charge is -2.11. The Bertz CT molecular complexity index is 343. The smallest absolute Gasteiger partial charge is 0.189 e. The van der Waals surface area contributed by atoms with Gasteiger partial charge in [-0.25, -0.2) is 4.98 Å². The number of hydrogen-bond acceptors (Lipinski definition) is 5. The van der Waals surface area contributed by atoms with E-state index in [4.69, 9.17) is 10.9 Å². The zero-order valence-electron chi connectivity index (χ0n) is 7.68. The Morgan fingerprint density at radius 3 is 2.93 bits per heavy atom. The fourth-order valence-corrected chi connectivity index (χ4v) is 2.36. The van der Waals surface area contributed by atoms with Crippen molar-refractivity contribution in [2.75, 3.05) is 18.0 Å². The van der Waals surface area contributed by atoms with Gasteiger partial charge in [0.1, 0.15) is 5.69 Å². The molecule has 1 aromatic heterocycles. The lowest BCUT2D eigenvalue weighted by Crippen LogP contribution is -2.18. The Morgan fingerprint density at radius 2 is 2.29 bits per heavy atom. The summed E-state index contributed by atoms with van der Waals surface area (Å²) in [5.74, 6) is 0.0756. The van der Waals surface area contributed by atoms with Crippen molar-refractivity contribution in [3.8, 4) is 0 Å². The Balaban J connectivity index is 2.16. The molecule has 0 spiro atoms. The molecule has 0 aliphatic carbocycles. The number of aromatic nitrogens is 1. The van der Waals surface area contributed by atoms with Crippen LogP contribution in [0, 0.1) is 0 Å². The van der Waals surface area contributed by atoms with Crippen molar-refractivity contribution in [1.29, 1.82) is 0 Å². The molecule has 1 aliphatic heterocycles. The maximum atomic E-state index is 8.48. The van der Waals surface area contributed by atoms with E-state index in [2.05, 4.69) is 15.0 Å². The fourth-order valence-electron chi connectivity index (χ4n) is 1.49. The summed E-state index contributed by atoms with van der Waals surface area (Å²) in [7, 11) is 0. The van der Waals surface area contributed by atoms with Gasteiger partial charge in [0.2, 0.25) is 0 Å². The Morgan fingerprint density at radius 1 is 1.57 bits per heavy atom. The molecule has 0 aromatic carbocycles. The number of hydrogen-bond donors (Lipinski definition) is 2. The SMILES string of the molecule is N/C(=N/O)c1csc(N2CCCC2)n1. The molecule has 2 heterocycles. The van der Waals surface area contributed by atoms with Gasteiger partial charge in [0.15, 0.2) is 11.0 Å². The molecule has 1 aliphatic rings. The van der Waals surface area contributed by atoms with Gasteiger partial charge >= 0.3 is 0 Å². The molecule has 1 aromatic rings. The zero-order chi connectivity index (χ0) is 9.97. The molecule has 3 N–H and O–H groups in total. The number of nitrogens with zero attached hydrogens (tertiary/aromatic N) is 3. The largest absolute Gasteiger partial charge is 0.409 e. The molecule has 76 valence electrons. The summed E-state index contributed by atoms with van der Waals surface area (Å²) >= 11 is 1.53. The first-order chi connectivity index (χ1) is 6.81. The zero-order valence-corrected chi connectivity index (χ0v) is 8.50. The van der Waals surface area contributed by atoms with Crippen LogP contribution in [0.25, 0.3) is 0 Å². The van der Waals surface area contributed by atoms with E-state index in [0.29, 0.717) is 5.69 Å². The van der Waals surface area contributed by atoms with Crippen LogP contribution in [-0.4, -0.2) is 29.1 Å². The van der Waals surface area contributed by atoms with E-state index in [1.807, 2.05) is 5.38 Å². The van der Waals surface area contributed by atoms with Crippen molar-refractivity contribution in [2.45, 2.75) is 12.8 Å². The van der Waals surface area contributed by atoms with Gasteiger partial charge in [0, 0.05) is 18.5 Å². The van der Waals surface area contributed by atoms with Gasteiger partial charge in [-0.2, -0.15) is 0 Å². The monoisotopic (exact) mass is 212 g/mol. The lowest BCUT2D eigenvalue weighted by atomic mass is 10.4. The molecular formula is C8H12N4OS. The van der Waals surface area contributed by atoms with Crippen LogP contribution in [0.2, 0.25) is 0 Å². The summed E-state index contributed by atoms with van der Waals surface area (Å²) in [6.07, 6.45) is 2.44. The summed E-state index contributed by atoms with van der Waals surface area (Å²) in [5.41, 5.74) is 5.99. The first kappa shape index (κ1) is 9.26.